The predicted molar refractivity (Wildman–Crippen MR) is 98.9 cm³/mol. The number of nitrogens with zero attached hydrogens (tertiary/aromatic N) is 2. The highest BCUT2D eigenvalue weighted by Crippen LogP contribution is 2.38. The van der Waals surface area contributed by atoms with Crippen LogP contribution in [0, 0.1) is 10.1 Å². The molecule has 28 heavy (non-hydrogen) atoms. The van der Waals surface area contributed by atoms with Gasteiger partial charge in [-0.25, -0.2) is 4.79 Å². The highest BCUT2D eigenvalue weighted by atomic mass is 16.7. The summed E-state index contributed by atoms with van der Waals surface area (Å²) in [6.45, 7) is 2.85. The van der Waals surface area contributed by atoms with Crippen LogP contribution >= 0.6 is 0 Å². The fraction of sp³-hybridized carbons (Fsp3) is 0.474. The molecule has 0 radical (unpaired) electrons. The molecule has 1 saturated heterocycles. The molecule has 2 aliphatic rings. The number of hydrogen-bond acceptors (Lipinski definition) is 7. The van der Waals surface area contributed by atoms with Gasteiger partial charge in [0.05, 0.1) is 16.6 Å². The SMILES string of the molecule is C[C@H](OC(=O)/C=C/c1cc2c(cc1[N+](=O)[O-])OCO2)C(=O)N1CCCCCC1. The second kappa shape index (κ2) is 8.73. The van der Waals surface area contributed by atoms with E-state index >= 15 is 0 Å². The van der Waals surface area contributed by atoms with Crippen molar-refractivity contribution in [1.82, 2.24) is 4.90 Å². The Morgan fingerprint density at radius 1 is 1.18 bits per heavy atom. The van der Waals surface area contributed by atoms with Crippen molar-refractivity contribution in [3.05, 3.63) is 33.9 Å². The first kappa shape index (κ1) is 19.7. The van der Waals surface area contributed by atoms with E-state index in [1.165, 1.54) is 25.1 Å². The Morgan fingerprint density at radius 3 is 2.46 bits per heavy atom. The van der Waals surface area contributed by atoms with E-state index in [0.717, 1.165) is 31.8 Å². The second-order valence-electron chi connectivity index (χ2n) is 6.67. The molecule has 1 amide bonds. The number of fused-ring (bicyclic) bond motifs is 1. The Labute approximate surface area is 162 Å². The first-order valence-corrected chi connectivity index (χ1v) is 9.21. The molecule has 1 aromatic carbocycles. The molecule has 2 aliphatic heterocycles. The van der Waals surface area contributed by atoms with Gasteiger partial charge in [-0.1, -0.05) is 12.8 Å². The number of nitro groups is 1. The number of carbonyl (C=O) groups excluding carboxylic acids is 2. The van der Waals surface area contributed by atoms with E-state index in [2.05, 4.69) is 0 Å². The lowest BCUT2D eigenvalue weighted by atomic mass is 10.1. The van der Waals surface area contributed by atoms with Gasteiger partial charge in [-0.2, -0.15) is 0 Å². The molecule has 0 aliphatic carbocycles. The summed E-state index contributed by atoms with van der Waals surface area (Å²) in [6.07, 6.45) is 5.49. The van der Waals surface area contributed by atoms with E-state index in [1.54, 1.807) is 4.90 Å². The van der Waals surface area contributed by atoms with Crippen LogP contribution in [-0.2, 0) is 14.3 Å². The quantitative estimate of drug-likeness (QED) is 0.329. The summed E-state index contributed by atoms with van der Waals surface area (Å²) in [6, 6.07) is 2.68. The van der Waals surface area contributed by atoms with Crippen molar-refractivity contribution in [1.29, 1.82) is 0 Å². The first-order chi connectivity index (χ1) is 13.5. The molecule has 0 spiro atoms. The molecule has 0 aromatic heterocycles. The van der Waals surface area contributed by atoms with Crippen LogP contribution < -0.4 is 9.47 Å². The Kier molecular flexibility index (Phi) is 6.13. The fourth-order valence-electron chi connectivity index (χ4n) is 3.21. The lowest BCUT2D eigenvalue weighted by molar-refractivity contribution is -0.385. The van der Waals surface area contributed by atoms with Gasteiger partial charge >= 0.3 is 5.97 Å². The van der Waals surface area contributed by atoms with E-state index in [-0.39, 0.29) is 29.7 Å². The third-order valence-electron chi connectivity index (χ3n) is 4.68. The van der Waals surface area contributed by atoms with Crippen LogP contribution in [-0.4, -0.2) is 47.7 Å². The molecule has 0 N–H and O–H groups in total. The minimum atomic E-state index is -0.915. The van der Waals surface area contributed by atoms with Crippen molar-refractivity contribution in [2.45, 2.75) is 38.7 Å². The number of benzene rings is 1. The number of rotatable bonds is 5. The van der Waals surface area contributed by atoms with Gasteiger partial charge in [0.25, 0.3) is 11.6 Å². The highest BCUT2D eigenvalue weighted by molar-refractivity contribution is 5.91. The molecule has 1 atom stereocenters. The van der Waals surface area contributed by atoms with Gasteiger partial charge in [0, 0.05) is 19.2 Å². The molecule has 150 valence electrons. The Morgan fingerprint density at radius 2 is 1.82 bits per heavy atom. The molecular formula is C19H22N2O7. The molecule has 3 rings (SSSR count). The van der Waals surface area contributed by atoms with Gasteiger partial charge in [-0.3, -0.25) is 14.9 Å². The topological polar surface area (TPSA) is 108 Å². The highest BCUT2D eigenvalue weighted by Gasteiger charge is 2.25. The zero-order valence-electron chi connectivity index (χ0n) is 15.6. The van der Waals surface area contributed by atoms with E-state index in [0.29, 0.717) is 18.8 Å². The number of likely N-dealkylation sites (tertiary alicyclic amines) is 1. The first-order valence-electron chi connectivity index (χ1n) is 9.21. The standard InChI is InChI=1S/C19H22N2O7/c1-13(19(23)20-8-4-2-3-5-9-20)28-18(22)7-6-14-10-16-17(27-12-26-16)11-15(14)21(24)25/h6-7,10-11,13H,2-5,8-9,12H2,1H3/b7-6+/t13-/m0/s1. The molecule has 9 heteroatoms. The maximum atomic E-state index is 12.4. The summed E-state index contributed by atoms with van der Waals surface area (Å²) in [5.74, 6) is -0.327. The number of esters is 1. The van der Waals surface area contributed by atoms with Crippen LogP contribution in [0.25, 0.3) is 6.08 Å². The molecular weight excluding hydrogens is 368 g/mol. The number of hydrogen-bond donors (Lipinski definition) is 0. The minimum absolute atomic E-state index is 0.0160. The zero-order valence-corrected chi connectivity index (χ0v) is 15.6. The lowest BCUT2D eigenvalue weighted by Crippen LogP contribution is -2.40. The monoisotopic (exact) mass is 390 g/mol. The summed E-state index contributed by atoms with van der Waals surface area (Å²) in [5.41, 5.74) is -0.0420. The Hall–Kier alpha value is -3.10. The van der Waals surface area contributed by atoms with Gasteiger partial charge in [-0.15, -0.1) is 0 Å². The summed E-state index contributed by atoms with van der Waals surface area (Å²) in [7, 11) is 0. The number of amides is 1. The maximum absolute atomic E-state index is 12.4. The van der Waals surface area contributed by atoms with E-state index < -0.39 is 17.0 Å². The molecule has 1 aromatic rings. The average Bonchev–Trinajstić information content (AvgIpc) is 2.95. The Balaban J connectivity index is 1.65. The van der Waals surface area contributed by atoms with Crippen molar-refractivity contribution in [3.63, 3.8) is 0 Å². The predicted octanol–water partition coefficient (Wildman–Crippen LogP) is 2.67. The van der Waals surface area contributed by atoms with Crippen molar-refractivity contribution >= 4 is 23.6 Å². The molecule has 2 heterocycles. The van der Waals surface area contributed by atoms with Crippen LogP contribution in [0.5, 0.6) is 11.5 Å². The molecule has 0 saturated carbocycles. The smallest absolute Gasteiger partial charge is 0.331 e. The average molecular weight is 390 g/mol. The molecule has 9 nitrogen and oxygen atoms in total. The molecule has 0 bridgehead atoms. The van der Waals surface area contributed by atoms with Gasteiger partial charge in [0.1, 0.15) is 0 Å². The van der Waals surface area contributed by atoms with Gasteiger partial charge in [0.15, 0.2) is 17.6 Å². The van der Waals surface area contributed by atoms with E-state index in [4.69, 9.17) is 14.2 Å². The number of carbonyl (C=O) groups is 2. The van der Waals surface area contributed by atoms with Crippen LogP contribution in [0.15, 0.2) is 18.2 Å². The largest absolute Gasteiger partial charge is 0.454 e. The number of nitro benzene ring substituents is 1. The van der Waals surface area contributed by atoms with E-state index in [9.17, 15) is 19.7 Å². The summed E-state index contributed by atoms with van der Waals surface area (Å²) in [4.78, 5) is 36.9. The van der Waals surface area contributed by atoms with Gasteiger partial charge in [0.2, 0.25) is 6.79 Å². The normalized spacial score (nSPS) is 17.2. The summed E-state index contributed by atoms with van der Waals surface area (Å²) >= 11 is 0. The van der Waals surface area contributed by atoms with Crippen molar-refractivity contribution < 1.29 is 28.7 Å². The third kappa shape index (κ3) is 4.59. The van der Waals surface area contributed by atoms with Crippen LogP contribution in [0.1, 0.15) is 38.2 Å². The minimum Gasteiger partial charge on any atom is -0.454 e. The van der Waals surface area contributed by atoms with Gasteiger partial charge < -0.3 is 19.1 Å². The maximum Gasteiger partial charge on any atom is 0.331 e. The van der Waals surface area contributed by atoms with Crippen LogP contribution in [0.2, 0.25) is 0 Å². The summed E-state index contributed by atoms with van der Waals surface area (Å²) in [5, 5.41) is 11.2. The van der Waals surface area contributed by atoms with Crippen LogP contribution in [0.4, 0.5) is 5.69 Å². The second-order valence-corrected chi connectivity index (χ2v) is 6.67. The Bertz CT molecular complexity index is 798. The van der Waals surface area contributed by atoms with Crippen molar-refractivity contribution in [3.8, 4) is 11.5 Å². The number of ether oxygens (including phenoxy) is 3. The zero-order chi connectivity index (χ0) is 20.1. The third-order valence-corrected chi connectivity index (χ3v) is 4.68. The van der Waals surface area contributed by atoms with Crippen LogP contribution in [0.3, 0.4) is 0 Å². The van der Waals surface area contributed by atoms with Gasteiger partial charge in [-0.05, 0) is 31.9 Å². The molecule has 1 fully saturated rings. The molecule has 0 unspecified atom stereocenters. The fourth-order valence-corrected chi connectivity index (χ4v) is 3.21. The van der Waals surface area contributed by atoms with Crippen molar-refractivity contribution in [2.24, 2.45) is 0 Å². The summed E-state index contributed by atoms with van der Waals surface area (Å²) < 4.78 is 15.5. The van der Waals surface area contributed by atoms with E-state index in [1.807, 2.05) is 0 Å². The van der Waals surface area contributed by atoms with Crippen molar-refractivity contribution in [2.75, 3.05) is 19.9 Å². The lowest BCUT2D eigenvalue weighted by Gasteiger charge is -2.23.